The van der Waals surface area contributed by atoms with Crippen LogP contribution in [-0.2, 0) is 10.8 Å². The van der Waals surface area contributed by atoms with Crippen LogP contribution in [0.15, 0.2) is 40.4 Å². The highest BCUT2D eigenvalue weighted by molar-refractivity contribution is 7.84. The van der Waals surface area contributed by atoms with Gasteiger partial charge in [-0.25, -0.2) is 4.98 Å². The van der Waals surface area contributed by atoms with E-state index < -0.39 is 16.4 Å². The van der Waals surface area contributed by atoms with Gasteiger partial charge < -0.3 is 4.84 Å². The predicted octanol–water partition coefficient (Wildman–Crippen LogP) is 2.22. The molecule has 6 nitrogen and oxygen atoms in total. The fraction of sp³-hybridized carbons (Fsp3) is 0.188. The van der Waals surface area contributed by atoms with E-state index >= 15 is 0 Å². The molecule has 124 valence electrons. The Hall–Kier alpha value is -2.25. The van der Waals surface area contributed by atoms with Gasteiger partial charge >= 0.3 is 0 Å². The van der Waals surface area contributed by atoms with E-state index in [1.165, 1.54) is 19.6 Å². The quantitative estimate of drug-likeness (QED) is 0.667. The molecule has 0 saturated carbocycles. The molecule has 0 fully saturated rings. The molecule has 8 heteroatoms. The van der Waals surface area contributed by atoms with Gasteiger partial charge in [-0.15, -0.1) is 4.73 Å². The molecule has 0 amide bonds. The molecule has 0 spiro atoms. The number of hydrogen-bond acceptors (Lipinski definition) is 5. The summed E-state index contributed by atoms with van der Waals surface area (Å²) in [5.74, 6) is 0. The number of fused-ring (bicyclic) bond motifs is 1. The molecular formula is C16H14ClN3O3S. The Bertz CT molecular complexity index is 1030. The average Bonchev–Trinajstić information content (AvgIpc) is 2.54. The molecule has 24 heavy (non-hydrogen) atoms. The lowest BCUT2D eigenvalue weighted by atomic mass is 10.0. The van der Waals surface area contributed by atoms with Gasteiger partial charge in [0.25, 0.3) is 5.56 Å². The maximum Gasteiger partial charge on any atom is 0.293 e. The topological polar surface area (TPSA) is 74.1 Å². The van der Waals surface area contributed by atoms with Crippen LogP contribution in [0.5, 0.6) is 0 Å². The predicted molar refractivity (Wildman–Crippen MR) is 93.8 cm³/mol. The molecule has 0 aliphatic carbocycles. The van der Waals surface area contributed by atoms with Crippen molar-refractivity contribution in [1.82, 2.24) is 14.7 Å². The van der Waals surface area contributed by atoms with E-state index in [1.54, 1.807) is 18.2 Å². The van der Waals surface area contributed by atoms with Gasteiger partial charge in [0.1, 0.15) is 7.11 Å². The van der Waals surface area contributed by atoms with Crippen LogP contribution in [0.4, 0.5) is 0 Å². The normalized spacial score (nSPS) is 12.3. The fourth-order valence-electron chi connectivity index (χ4n) is 2.39. The largest absolute Gasteiger partial charge is 0.412 e. The standard InChI is InChI=1S/C16H14ClN3O3S/c1-9-4-5-11(13(17)6-9)12-7-10-8-18-16(24(3)22)19-14(10)20(23-2)15(12)21/h4-8H,1-3H3. The monoisotopic (exact) mass is 363 g/mol. The number of halogens is 1. The van der Waals surface area contributed by atoms with Crippen molar-refractivity contribution >= 4 is 33.4 Å². The fourth-order valence-corrected chi connectivity index (χ4v) is 3.15. The van der Waals surface area contributed by atoms with Crippen LogP contribution < -0.4 is 10.4 Å². The summed E-state index contributed by atoms with van der Waals surface area (Å²) in [6.45, 7) is 1.92. The van der Waals surface area contributed by atoms with Crippen molar-refractivity contribution in [1.29, 1.82) is 0 Å². The molecule has 0 aliphatic heterocycles. The second-order valence-corrected chi connectivity index (χ2v) is 6.89. The van der Waals surface area contributed by atoms with Crippen LogP contribution in [0, 0.1) is 6.92 Å². The molecule has 2 aromatic heterocycles. The van der Waals surface area contributed by atoms with Crippen LogP contribution in [-0.4, -0.2) is 32.3 Å². The van der Waals surface area contributed by atoms with Crippen LogP contribution in [0.3, 0.4) is 0 Å². The molecule has 3 rings (SSSR count). The minimum atomic E-state index is -1.36. The summed E-state index contributed by atoms with van der Waals surface area (Å²) in [6.07, 6.45) is 2.98. The summed E-state index contributed by atoms with van der Waals surface area (Å²) in [5, 5.41) is 1.19. The van der Waals surface area contributed by atoms with E-state index in [0.717, 1.165) is 10.3 Å². The first-order valence-electron chi connectivity index (χ1n) is 6.99. The van der Waals surface area contributed by atoms with Gasteiger partial charge in [0.15, 0.2) is 5.65 Å². The molecule has 0 aliphatic rings. The van der Waals surface area contributed by atoms with E-state index in [0.29, 0.717) is 21.5 Å². The lowest BCUT2D eigenvalue weighted by Crippen LogP contribution is -2.27. The lowest BCUT2D eigenvalue weighted by molar-refractivity contribution is 0.167. The number of benzene rings is 1. The number of rotatable bonds is 3. The third kappa shape index (κ3) is 2.81. The molecule has 1 aromatic carbocycles. The first-order chi connectivity index (χ1) is 11.4. The maximum atomic E-state index is 12.8. The van der Waals surface area contributed by atoms with Crippen LogP contribution >= 0.6 is 11.6 Å². The first-order valence-corrected chi connectivity index (χ1v) is 8.93. The second kappa shape index (κ2) is 6.33. The number of pyridine rings is 1. The van der Waals surface area contributed by atoms with Gasteiger partial charge in [-0.05, 0) is 24.6 Å². The van der Waals surface area contributed by atoms with Gasteiger partial charge in [-0.2, -0.15) is 4.98 Å². The van der Waals surface area contributed by atoms with Crippen LogP contribution in [0.2, 0.25) is 5.02 Å². The Morgan fingerprint density at radius 1 is 1.25 bits per heavy atom. The summed E-state index contributed by atoms with van der Waals surface area (Å²) < 4.78 is 12.6. The molecule has 0 bridgehead atoms. The second-order valence-electron chi connectivity index (χ2n) is 5.21. The smallest absolute Gasteiger partial charge is 0.293 e. The zero-order valence-corrected chi connectivity index (χ0v) is 14.8. The number of aromatic nitrogens is 3. The maximum absolute atomic E-state index is 12.8. The Labute approximate surface area is 145 Å². The van der Waals surface area contributed by atoms with Crippen molar-refractivity contribution < 1.29 is 9.05 Å². The summed E-state index contributed by atoms with van der Waals surface area (Å²) in [5.41, 5.74) is 1.83. The van der Waals surface area contributed by atoms with E-state index in [2.05, 4.69) is 9.97 Å². The minimum Gasteiger partial charge on any atom is -0.412 e. The van der Waals surface area contributed by atoms with Crippen molar-refractivity contribution in [3.05, 3.63) is 51.4 Å². The summed E-state index contributed by atoms with van der Waals surface area (Å²) >= 11 is 6.29. The van der Waals surface area contributed by atoms with Crippen molar-refractivity contribution in [2.45, 2.75) is 12.1 Å². The van der Waals surface area contributed by atoms with Gasteiger partial charge in [0.05, 0.1) is 16.4 Å². The van der Waals surface area contributed by atoms with Crippen LogP contribution in [0.1, 0.15) is 5.56 Å². The Morgan fingerprint density at radius 2 is 2.00 bits per heavy atom. The molecule has 0 radical (unpaired) electrons. The first kappa shape index (κ1) is 16.6. The summed E-state index contributed by atoms with van der Waals surface area (Å²) in [6, 6.07) is 7.11. The average molecular weight is 364 g/mol. The summed E-state index contributed by atoms with van der Waals surface area (Å²) in [4.78, 5) is 26.2. The van der Waals surface area contributed by atoms with E-state index in [1.807, 2.05) is 13.0 Å². The van der Waals surface area contributed by atoms with Crippen molar-refractivity contribution in [2.75, 3.05) is 13.4 Å². The number of hydrogen-bond donors (Lipinski definition) is 0. The Morgan fingerprint density at radius 3 is 2.62 bits per heavy atom. The molecule has 0 saturated heterocycles. The highest BCUT2D eigenvalue weighted by Crippen LogP contribution is 2.28. The third-order valence-corrected chi connectivity index (χ3v) is 4.56. The molecule has 1 atom stereocenters. The molecule has 0 N–H and O–H groups in total. The van der Waals surface area contributed by atoms with Crippen LogP contribution in [0.25, 0.3) is 22.2 Å². The Kier molecular flexibility index (Phi) is 4.38. The molecular weight excluding hydrogens is 350 g/mol. The van der Waals surface area contributed by atoms with E-state index in [4.69, 9.17) is 16.4 Å². The summed E-state index contributed by atoms with van der Waals surface area (Å²) in [7, 11) is 0.00337. The Balaban J connectivity index is 2.35. The van der Waals surface area contributed by atoms with Crippen molar-refractivity contribution in [3.63, 3.8) is 0 Å². The lowest BCUT2D eigenvalue weighted by Gasteiger charge is -2.12. The highest BCUT2D eigenvalue weighted by Gasteiger charge is 2.16. The molecule has 1 unspecified atom stereocenters. The zero-order chi connectivity index (χ0) is 17.4. The van der Waals surface area contributed by atoms with Gasteiger partial charge in [-0.1, -0.05) is 23.7 Å². The van der Waals surface area contributed by atoms with Crippen molar-refractivity contribution in [2.24, 2.45) is 0 Å². The zero-order valence-electron chi connectivity index (χ0n) is 13.2. The van der Waals surface area contributed by atoms with Gasteiger partial charge in [-0.3, -0.25) is 9.00 Å². The van der Waals surface area contributed by atoms with Gasteiger partial charge in [0, 0.05) is 28.4 Å². The number of nitrogens with zero attached hydrogens (tertiary/aromatic N) is 3. The third-order valence-electron chi connectivity index (χ3n) is 3.54. The minimum absolute atomic E-state index is 0.133. The molecule has 2 heterocycles. The SMILES string of the molecule is COn1c(=O)c(-c2ccc(C)cc2Cl)cc2cnc(S(C)=O)nc21. The molecule has 3 aromatic rings. The highest BCUT2D eigenvalue weighted by atomic mass is 35.5. The van der Waals surface area contributed by atoms with Crippen molar-refractivity contribution in [3.8, 4) is 11.1 Å². The van der Waals surface area contributed by atoms with E-state index in [9.17, 15) is 9.00 Å². The van der Waals surface area contributed by atoms with Gasteiger partial charge in [0.2, 0.25) is 5.16 Å². The number of aryl methyl sites for hydroxylation is 1. The van der Waals surface area contributed by atoms with E-state index in [-0.39, 0.29) is 10.8 Å².